The van der Waals surface area contributed by atoms with Gasteiger partial charge in [-0.2, -0.15) is 0 Å². The van der Waals surface area contributed by atoms with Crippen molar-refractivity contribution in [1.82, 2.24) is 4.73 Å². The van der Waals surface area contributed by atoms with E-state index >= 15 is 0 Å². The van der Waals surface area contributed by atoms with Crippen LogP contribution in [-0.4, -0.2) is 16.5 Å². The summed E-state index contributed by atoms with van der Waals surface area (Å²) in [5, 5.41) is 9.35. The van der Waals surface area contributed by atoms with Crippen molar-refractivity contribution in [3.8, 4) is 5.88 Å². The molecule has 0 aliphatic heterocycles. The minimum absolute atomic E-state index is 0. The van der Waals surface area contributed by atoms with Gasteiger partial charge in [0.05, 0.1) is 6.61 Å². The van der Waals surface area contributed by atoms with Crippen molar-refractivity contribution >= 4 is 0 Å². The molecule has 0 amide bonds. The van der Waals surface area contributed by atoms with Crippen LogP contribution >= 0.6 is 0 Å². The maximum absolute atomic E-state index is 11.1. The van der Waals surface area contributed by atoms with Gasteiger partial charge in [0.25, 0.3) is 5.56 Å². The van der Waals surface area contributed by atoms with Gasteiger partial charge >= 0.3 is 17.1 Å². The van der Waals surface area contributed by atoms with Crippen molar-refractivity contribution in [1.29, 1.82) is 0 Å². The first kappa shape index (κ1) is 17.1. The first-order valence-corrected chi connectivity index (χ1v) is 6.30. The minimum atomic E-state index is -0.467. The Morgan fingerprint density at radius 3 is 2.56 bits per heavy atom. The van der Waals surface area contributed by atoms with E-state index in [1.165, 1.54) is 31.7 Å². The first-order chi connectivity index (χ1) is 8.25. The van der Waals surface area contributed by atoms with Gasteiger partial charge in [-0.15, -0.1) is 4.73 Å². The molecule has 0 aliphatic carbocycles. The Hall–Kier alpha value is -0.931. The van der Waals surface area contributed by atoms with Crippen LogP contribution in [0.1, 0.15) is 45.4 Å². The van der Waals surface area contributed by atoms with Crippen LogP contribution in [0.5, 0.6) is 5.88 Å². The molecular formula is C13H21FeNO3+3. The molecule has 101 valence electrons. The Morgan fingerprint density at radius 1 is 1.17 bits per heavy atom. The fraction of sp³-hybridized carbons (Fsp3) is 0.615. The molecule has 18 heavy (non-hydrogen) atoms. The Kier molecular flexibility index (Phi) is 9.52. The average Bonchev–Trinajstić information content (AvgIpc) is 2.33. The first-order valence-electron chi connectivity index (χ1n) is 6.30. The molecule has 5 heteroatoms. The van der Waals surface area contributed by atoms with E-state index < -0.39 is 5.56 Å². The van der Waals surface area contributed by atoms with Gasteiger partial charge in [-0.25, -0.2) is 0 Å². The molecule has 0 aromatic carbocycles. The molecule has 1 aromatic rings. The molecule has 0 spiro atoms. The predicted molar refractivity (Wildman–Crippen MR) is 66.8 cm³/mol. The van der Waals surface area contributed by atoms with Crippen molar-refractivity contribution in [3.63, 3.8) is 0 Å². The smallest absolute Gasteiger partial charge is 0.477 e. The molecule has 1 heterocycles. The summed E-state index contributed by atoms with van der Waals surface area (Å²) in [7, 11) is 0. The Balaban J connectivity index is 0.00000289. The van der Waals surface area contributed by atoms with E-state index in [0.29, 0.717) is 11.3 Å². The van der Waals surface area contributed by atoms with Gasteiger partial charge in [0.1, 0.15) is 0 Å². The zero-order valence-corrected chi connectivity index (χ0v) is 11.9. The summed E-state index contributed by atoms with van der Waals surface area (Å²) in [6.07, 6.45) is 7.10. The molecule has 0 saturated heterocycles. The summed E-state index contributed by atoms with van der Waals surface area (Å²) < 4.78 is 5.88. The summed E-state index contributed by atoms with van der Waals surface area (Å²) >= 11 is 0. The number of ether oxygens (including phenoxy) is 1. The van der Waals surface area contributed by atoms with Gasteiger partial charge in [-0.3, -0.25) is 4.79 Å². The van der Waals surface area contributed by atoms with Crippen molar-refractivity contribution in [2.45, 2.75) is 45.4 Å². The number of nitrogens with zero attached hydrogens (tertiary/aromatic N) is 1. The Labute approximate surface area is 118 Å². The molecule has 1 rings (SSSR count). The minimum Gasteiger partial charge on any atom is -0.477 e. The third-order valence-electron chi connectivity index (χ3n) is 2.64. The number of hydrogen-bond acceptors (Lipinski definition) is 3. The van der Waals surface area contributed by atoms with Gasteiger partial charge < -0.3 is 9.94 Å². The summed E-state index contributed by atoms with van der Waals surface area (Å²) in [6.45, 7) is 2.73. The van der Waals surface area contributed by atoms with Crippen LogP contribution in [0.4, 0.5) is 0 Å². The second-order valence-corrected chi connectivity index (χ2v) is 4.13. The second kappa shape index (κ2) is 10.0. The monoisotopic (exact) mass is 295 g/mol. The topological polar surface area (TPSA) is 51.5 Å². The standard InChI is InChI=1S/C13H21NO3.Fe/c1-2-3-4-5-6-7-11-17-13-10-8-9-12(15)14(13)16;/h8-10,16H,2-7,11H2,1H3;/q;+3. The summed E-state index contributed by atoms with van der Waals surface area (Å²) in [5.41, 5.74) is -0.467. The van der Waals surface area contributed by atoms with E-state index in [1.807, 2.05) is 0 Å². The molecule has 4 nitrogen and oxygen atoms in total. The fourth-order valence-corrected chi connectivity index (χ4v) is 1.63. The van der Waals surface area contributed by atoms with Gasteiger partial charge in [0.2, 0.25) is 5.88 Å². The van der Waals surface area contributed by atoms with Gasteiger partial charge in [0.15, 0.2) is 0 Å². The molecule has 0 fully saturated rings. The van der Waals surface area contributed by atoms with Gasteiger partial charge in [-0.05, 0) is 6.42 Å². The number of unbranched alkanes of at least 4 members (excludes halogenated alkanes) is 5. The Bertz CT molecular complexity index is 379. The molecule has 0 aliphatic rings. The van der Waals surface area contributed by atoms with Crippen molar-refractivity contribution < 1.29 is 27.0 Å². The molecule has 0 saturated carbocycles. The zero-order chi connectivity index (χ0) is 12.5. The third-order valence-corrected chi connectivity index (χ3v) is 2.64. The van der Waals surface area contributed by atoms with Crippen LogP contribution in [0.2, 0.25) is 0 Å². The Morgan fingerprint density at radius 2 is 1.83 bits per heavy atom. The third kappa shape index (κ3) is 6.12. The van der Waals surface area contributed by atoms with E-state index in [1.54, 1.807) is 12.1 Å². The molecule has 0 unspecified atom stereocenters. The molecule has 0 bridgehead atoms. The largest absolute Gasteiger partial charge is 3.00 e. The van der Waals surface area contributed by atoms with E-state index in [4.69, 9.17) is 4.74 Å². The van der Waals surface area contributed by atoms with Gasteiger partial charge in [-0.1, -0.05) is 45.1 Å². The number of aromatic nitrogens is 1. The predicted octanol–water partition coefficient (Wildman–Crippen LogP) is 2.82. The quantitative estimate of drug-likeness (QED) is 0.456. The SMILES string of the molecule is CCCCCCCCOc1cccc(=O)n1O.[Fe+3]. The van der Waals surface area contributed by atoms with Crippen LogP contribution in [0, 0.1) is 0 Å². The number of hydrogen-bond donors (Lipinski definition) is 1. The van der Waals surface area contributed by atoms with E-state index in [-0.39, 0.29) is 22.9 Å². The molecule has 1 N–H and O–H groups in total. The van der Waals surface area contributed by atoms with E-state index in [9.17, 15) is 10.0 Å². The number of rotatable bonds is 8. The van der Waals surface area contributed by atoms with Crippen LogP contribution in [0.25, 0.3) is 0 Å². The van der Waals surface area contributed by atoms with Crippen LogP contribution in [-0.2, 0) is 17.1 Å². The molecule has 1 aromatic heterocycles. The summed E-state index contributed by atoms with van der Waals surface area (Å²) in [5.74, 6) is 0.214. The van der Waals surface area contributed by atoms with Gasteiger partial charge in [0, 0.05) is 12.1 Å². The maximum atomic E-state index is 11.1. The molecule has 1 radical (unpaired) electrons. The maximum Gasteiger partial charge on any atom is 3.00 e. The zero-order valence-electron chi connectivity index (χ0n) is 10.7. The van der Waals surface area contributed by atoms with Crippen molar-refractivity contribution in [2.75, 3.05) is 6.61 Å². The van der Waals surface area contributed by atoms with E-state index in [2.05, 4.69) is 6.92 Å². The second-order valence-electron chi connectivity index (χ2n) is 4.13. The number of pyridine rings is 1. The average molecular weight is 295 g/mol. The fourth-order valence-electron chi connectivity index (χ4n) is 1.63. The normalized spacial score (nSPS) is 9.83. The molecular weight excluding hydrogens is 274 g/mol. The molecule has 0 atom stereocenters. The summed E-state index contributed by atoms with van der Waals surface area (Å²) in [4.78, 5) is 11.1. The summed E-state index contributed by atoms with van der Waals surface area (Å²) in [6, 6.07) is 4.45. The van der Waals surface area contributed by atoms with E-state index in [0.717, 1.165) is 12.8 Å². The van der Waals surface area contributed by atoms with Crippen LogP contribution < -0.4 is 10.3 Å². The van der Waals surface area contributed by atoms with Crippen LogP contribution in [0.3, 0.4) is 0 Å². The van der Waals surface area contributed by atoms with Crippen LogP contribution in [0.15, 0.2) is 23.0 Å². The van der Waals surface area contributed by atoms with Crippen molar-refractivity contribution in [2.24, 2.45) is 0 Å². The van der Waals surface area contributed by atoms with Crippen molar-refractivity contribution in [3.05, 3.63) is 28.6 Å².